The highest BCUT2D eigenvalue weighted by Gasteiger charge is 2.47. The highest BCUT2D eigenvalue weighted by molar-refractivity contribution is 5.92. The normalized spacial score (nSPS) is 31.9. The van der Waals surface area contributed by atoms with Crippen molar-refractivity contribution in [2.24, 2.45) is 5.41 Å². The van der Waals surface area contributed by atoms with E-state index in [1.807, 2.05) is 11.0 Å². The van der Waals surface area contributed by atoms with Crippen LogP contribution in [0.1, 0.15) is 54.2 Å². The van der Waals surface area contributed by atoms with E-state index in [0.717, 1.165) is 38.0 Å². The molecular weight excluding hydrogens is 292 g/mol. The Morgan fingerprint density at radius 1 is 1.43 bits per heavy atom. The molecule has 4 rings (SSSR count). The van der Waals surface area contributed by atoms with Crippen LogP contribution in [0, 0.1) is 5.41 Å². The summed E-state index contributed by atoms with van der Waals surface area (Å²) in [5, 5.41) is 17.2. The second-order valence-electron chi connectivity index (χ2n) is 7.60. The van der Waals surface area contributed by atoms with Crippen LogP contribution in [-0.4, -0.2) is 70.3 Å². The van der Waals surface area contributed by atoms with E-state index in [1.165, 1.54) is 12.8 Å². The first-order valence-electron chi connectivity index (χ1n) is 8.79. The van der Waals surface area contributed by atoms with Gasteiger partial charge in [-0.1, -0.05) is 0 Å². The number of likely N-dealkylation sites (N-methyl/N-ethyl adjacent to an activating group) is 1. The minimum Gasteiger partial charge on any atom is -0.396 e. The van der Waals surface area contributed by atoms with E-state index in [0.29, 0.717) is 18.2 Å². The van der Waals surface area contributed by atoms with Gasteiger partial charge in [-0.05, 0) is 51.8 Å². The van der Waals surface area contributed by atoms with Gasteiger partial charge in [-0.3, -0.25) is 9.89 Å². The van der Waals surface area contributed by atoms with Gasteiger partial charge in [0.05, 0.1) is 6.61 Å². The van der Waals surface area contributed by atoms with E-state index in [1.54, 1.807) is 0 Å². The second-order valence-corrected chi connectivity index (χ2v) is 7.60. The van der Waals surface area contributed by atoms with Crippen LogP contribution < -0.4 is 0 Å². The Hall–Kier alpha value is -1.40. The standard InChI is InChI=1S/C17H26N4O2/c1-20-7-2-5-17(11-22)6-8-21(10-15(17)20)16(23)14-9-13(18-19-14)12-3-4-12/h9,12,15,22H,2-8,10-11H2,1H3,(H,18,19)/t15-,17-/m1/s1. The largest absolute Gasteiger partial charge is 0.396 e. The van der Waals surface area contributed by atoms with Crippen molar-refractivity contribution in [1.82, 2.24) is 20.0 Å². The van der Waals surface area contributed by atoms with E-state index >= 15 is 0 Å². The van der Waals surface area contributed by atoms with E-state index in [4.69, 9.17) is 0 Å². The molecular formula is C17H26N4O2. The molecule has 1 aliphatic carbocycles. The first kappa shape index (κ1) is 15.1. The molecule has 6 heteroatoms. The van der Waals surface area contributed by atoms with Crippen LogP contribution in [0.4, 0.5) is 0 Å². The summed E-state index contributed by atoms with van der Waals surface area (Å²) in [6.45, 7) is 2.68. The molecule has 0 bridgehead atoms. The Morgan fingerprint density at radius 2 is 2.26 bits per heavy atom. The van der Waals surface area contributed by atoms with Crippen molar-refractivity contribution in [3.05, 3.63) is 17.5 Å². The maximum absolute atomic E-state index is 12.8. The summed E-state index contributed by atoms with van der Waals surface area (Å²) in [5.41, 5.74) is 1.61. The molecule has 0 spiro atoms. The summed E-state index contributed by atoms with van der Waals surface area (Å²) in [4.78, 5) is 17.0. The van der Waals surface area contributed by atoms with Gasteiger partial charge in [-0.15, -0.1) is 0 Å². The number of rotatable bonds is 3. The third-order valence-corrected chi connectivity index (χ3v) is 6.13. The van der Waals surface area contributed by atoms with Gasteiger partial charge < -0.3 is 14.9 Å². The predicted octanol–water partition coefficient (Wildman–Crippen LogP) is 1.21. The summed E-state index contributed by atoms with van der Waals surface area (Å²) in [7, 11) is 2.11. The molecule has 2 N–H and O–H groups in total. The van der Waals surface area contributed by atoms with E-state index < -0.39 is 0 Å². The molecule has 2 aliphatic heterocycles. The molecule has 23 heavy (non-hydrogen) atoms. The third kappa shape index (κ3) is 2.58. The summed E-state index contributed by atoms with van der Waals surface area (Å²) in [5.74, 6) is 0.607. The van der Waals surface area contributed by atoms with Crippen molar-refractivity contribution in [3.8, 4) is 0 Å². The van der Waals surface area contributed by atoms with Gasteiger partial charge in [0.25, 0.3) is 5.91 Å². The number of likely N-dealkylation sites (tertiary alicyclic amines) is 2. The molecule has 1 aromatic rings. The van der Waals surface area contributed by atoms with Gasteiger partial charge in [0.1, 0.15) is 5.69 Å². The minimum absolute atomic E-state index is 0.0265. The fourth-order valence-electron chi connectivity index (χ4n) is 4.41. The fourth-order valence-corrected chi connectivity index (χ4v) is 4.41. The summed E-state index contributed by atoms with van der Waals surface area (Å²) in [6, 6.07) is 2.18. The van der Waals surface area contributed by atoms with Gasteiger partial charge >= 0.3 is 0 Å². The minimum atomic E-state index is -0.0332. The van der Waals surface area contributed by atoms with Gasteiger partial charge in [0, 0.05) is 36.2 Å². The van der Waals surface area contributed by atoms with Crippen molar-refractivity contribution in [2.45, 2.75) is 44.1 Å². The monoisotopic (exact) mass is 318 g/mol. The molecule has 126 valence electrons. The Morgan fingerprint density at radius 3 is 3.00 bits per heavy atom. The maximum Gasteiger partial charge on any atom is 0.274 e. The number of carbonyl (C=O) groups excluding carboxylic acids is 1. The number of fused-ring (bicyclic) bond motifs is 1. The van der Waals surface area contributed by atoms with Crippen LogP contribution in [-0.2, 0) is 0 Å². The topological polar surface area (TPSA) is 72.5 Å². The number of nitrogens with one attached hydrogen (secondary N) is 1. The van der Waals surface area contributed by atoms with Crippen molar-refractivity contribution in [3.63, 3.8) is 0 Å². The molecule has 2 saturated heterocycles. The van der Waals surface area contributed by atoms with Crippen molar-refractivity contribution in [2.75, 3.05) is 33.3 Å². The first-order chi connectivity index (χ1) is 11.1. The smallest absolute Gasteiger partial charge is 0.274 e. The number of H-pyrrole nitrogens is 1. The Labute approximate surface area is 136 Å². The quantitative estimate of drug-likeness (QED) is 0.878. The number of carbonyl (C=O) groups is 1. The fraction of sp³-hybridized carbons (Fsp3) is 0.765. The average Bonchev–Trinajstić information content (AvgIpc) is 3.31. The van der Waals surface area contributed by atoms with E-state index in [-0.39, 0.29) is 24.0 Å². The lowest BCUT2D eigenvalue weighted by Gasteiger charge is -2.53. The van der Waals surface area contributed by atoms with Crippen LogP contribution in [0.3, 0.4) is 0 Å². The lowest BCUT2D eigenvalue weighted by Crippen LogP contribution is -2.62. The highest BCUT2D eigenvalue weighted by Crippen LogP contribution is 2.42. The summed E-state index contributed by atoms with van der Waals surface area (Å²) in [6.07, 6.45) is 5.47. The number of aliphatic hydroxyl groups is 1. The van der Waals surface area contributed by atoms with Crippen LogP contribution in [0.15, 0.2) is 6.07 Å². The van der Waals surface area contributed by atoms with Crippen LogP contribution >= 0.6 is 0 Å². The molecule has 1 aromatic heterocycles. The zero-order chi connectivity index (χ0) is 16.0. The highest BCUT2D eigenvalue weighted by atomic mass is 16.3. The van der Waals surface area contributed by atoms with Gasteiger partial charge in [0.2, 0.25) is 0 Å². The molecule has 0 aromatic carbocycles. The molecule has 0 unspecified atom stereocenters. The zero-order valence-electron chi connectivity index (χ0n) is 13.8. The second kappa shape index (κ2) is 5.60. The van der Waals surface area contributed by atoms with E-state index in [2.05, 4.69) is 22.1 Å². The third-order valence-electron chi connectivity index (χ3n) is 6.13. The lowest BCUT2D eigenvalue weighted by molar-refractivity contribution is -0.0602. The van der Waals surface area contributed by atoms with Crippen LogP contribution in [0.5, 0.6) is 0 Å². The van der Waals surface area contributed by atoms with Crippen LogP contribution in [0.2, 0.25) is 0 Å². The molecule has 0 radical (unpaired) electrons. The molecule has 3 heterocycles. The molecule has 1 amide bonds. The number of aromatic nitrogens is 2. The number of hydrogen-bond acceptors (Lipinski definition) is 4. The SMILES string of the molecule is CN1CCC[C@]2(CO)CCN(C(=O)c3cc(C4CC4)[nH]n3)C[C@@H]12. The maximum atomic E-state index is 12.8. The molecule has 1 saturated carbocycles. The lowest BCUT2D eigenvalue weighted by atomic mass is 9.69. The van der Waals surface area contributed by atoms with Gasteiger partial charge in [-0.25, -0.2) is 0 Å². The molecule has 3 fully saturated rings. The zero-order valence-corrected chi connectivity index (χ0v) is 13.8. The Bertz CT molecular complexity index is 597. The number of amides is 1. The van der Waals surface area contributed by atoms with Crippen molar-refractivity contribution < 1.29 is 9.90 Å². The number of nitrogens with zero attached hydrogens (tertiary/aromatic N) is 3. The number of aromatic amines is 1. The van der Waals surface area contributed by atoms with Gasteiger partial charge in [0.15, 0.2) is 0 Å². The summed E-state index contributed by atoms with van der Waals surface area (Å²) < 4.78 is 0. The number of piperidine rings is 2. The van der Waals surface area contributed by atoms with E-state index in [9.17, 15) is 9.90 Å². The number of hydrogen-bond donors (Lipinski definition) is 2. The Balaban J connectivity index is 1.50. The molecule has 2 atom stereocenters. The molecule has 6 nitrogen and oxygen atoms in total. The van der Waals surface area contributed by atoms with Crippen LogP contribution in [0.25, 0.3) is 0 Å². The summed E-state index contributed by atoms with van der Waals surface area (Å²) >= 11 is 0. The Kier molecular flexibility index (Phi) is 3.69. The predicted molar refractivity (Wildman–Crippen MR) is 86.3 cm³/mol. The molecule has 3 aliphatic rings. The number of aliphatic hydroxyl groups excluding tert-OH is 1. The first-order valence-corrected chi connectivity index (χ1v) is 8.79. The van der Waals surface area contributed by atoms with Gasteiger partial charge in [-0.2, -0.15) is 5.10 Å². The van der Waals surface area contributed by atoms with Crippen molar-refractivity contribution >= 4 is 5.91 Å². The van der Waals surface area contributed by atoms with Crippen molar-refractivity contribution in [1.29, 1.82) is 0 Å². The average molecular weight is 318 g/mol.